The van der Waals surface area contributed by atoms with Crippen LogP contribution in [0.5, 0.6) is 5.75 Å². The number of nitrogens with zero attached hydrogens (tertiary/aromatic N) is 4. The number of aromatic nitrogens is 3. The largest absolute Gasteiger partial charge is 0.492 e. The van der Waals surface area contributed by atoms with Gasteiger partial charge >= 0.3 is 0 Å². The second-order valence-electron chi connectivity index (χ2n) is 7.74. The minimum atomic E-state index is -0.504. The van der Waals surface area contributed by atoms with E-state index in [1.165, 1.54) is 12.3 Å². The summed E-state index contributed by atoms with van der Waals surface area (Å²) >= 11 is 0. The molecule has 1 saturated carbocycles. The standard InChI is InChI=1S/C20H24FN5O2/c1-11-18-19(26(3)12(2)20(27)25-18)24-17(23-11)8-13-6-14(7-13)10-28-15-4-5-16(21)22-9-15/h4-5,9,12-14H,6-8,10H2,1-3H3,(H,25,27)/t12-,13?,14?/m0/s1. The van der Waals surface area contributed by atoms with Crippen molar-refractivity contribution in [2.24, 2.45) is 11.8 Å². The smallest absolute Gasteiger partial charge is 0.246 e. The highest BCUT2D eigenvalue weighted by molar-refractivity contribution is 6.02. The number of hydrogen-bond acceptors (Lipinski definition) is 6. The van der Waals surface area contributed by atoms with Crippen molar-refractivity contribution >= 4 is 17.4 Å². The number of hydrogen-bond donors (Lipinski definition) is 1. The molecular formula is C20H24FN5O2. The van der Waals surface area contributed by atoms with Crippen molar-refractivity contribution in [1.82, 2.24) is 15.0 Å². The van der Waals surface area contributed by atoms with Crippen LogP contribution in [-0.2, 0) is 11.2 Å². The molecule has 0 radical (unpaired) electrons. The number of rotatable bonds is 5. The minimum absolute atomic E-state index is 0.0346. The van der Waals surface area contributed by atoms with E-state index >= 15 is 0 Å². The zero-order chi connectivity index (χ0) is 19.8. The predicted octanol–water partition coefficient (Wildman–Crippen LogP) is 2.74. The summed E-state index contributed by atoms with van der Waals surface area (Å²) in [5.74, 6) is 2.67. The van der Waals surface area contributed by atoms with Gasteiger partial charge in [-0.2, -0.15) is 4.39 Å². The van der Waals surface area contributed by atoms with Crippen LogP contribution in [0.15, 0.2) is 18.3 Å². The molecule has 0 saturated heterocycles. The van der Waals surface area contributed by atoms with Crippen LogP contribution in [0.3, 0.4) is 0 Å². The van der Waals surface area contributed by atoms with Gasteiger partial charge in [0, 0.05) is 13.5 Å². The summed E-state index contributed by atoms with van der Waals surface area (Å²) in [5.41, 5.74) is 1.51. The summed E-state index contributed by atoms with van der Waals surface area (Å²) in [4.78, 5) is 26.8. The third kappa shape index (κ3) is 3.63. The number of nitrogens with one attached hydrogen (secondary N) is 1. The van der Waals surface area contributed by atoms with E-state index in [9.17, 15) is 9.18 Å². The maximum Gasteiger partial charge on any atom is 0.246 e. The molecular weight excluding hydrogens is 361 g/mol. The number of fused-ring (bicyclic) bond motifs is 1. The fourth-order valence-corrected chi connectivity index (χ4v) is 3.79. The zero-order valence-corrected chi connectivity index (χ0v) is 16.3. The molecule has 4 rings (SSSR count). The molecule has 28 heavy (non-hydrogen) atoms. The molecule has 1 fully saturated rings. The van der Waals surface area contributed by atoms with Gasteiger partial charge in [-0.25, -0.2) is 15.0 Å². The zero-order valence-electron chi connectivity index (χ0n) is 16.3. The van der Waals surface area contributed by atoms with Crippen LogP contribution >= 0.6 is 0 Å². The summed E-state index contributed by atoms with van der Waals surface area (Å²) in [7, 11) is 1.89. The molecule has 1 aliphatic heterocycles. The molecule has 1 N–H and O–H groups in total. The van der Waals surface area contributed by atoms with Crippen molar-refractivity contribution in [3.8, 4) is 5.75 Å². The highest BCUT2D eigenvalue weighted by Gasteiger charge is 2.33. The molecule has 148 valence electrons. The first-order chi connectivity index (χ1) is 13.4. The lowest BCUT2D eigenvalue weighted by Gasteiger charge is -2.36. The number of aryl methyl sites for hydroxylation is 1. The van der Waals surface area contributed by atoms with Crippen LogP contribution in [0.25, 0.3) is 0 Å². The molecule has 8 heteroatoms. The summed E-state index contributed by atoms with van der Waals surface area (Å²) in [5, 5.41) is 2.91. The highest BCUT2D eigenvalue weighted by Crippen LogP contribution is 2.37. The van der Waals surface area contributed by atoms with E-state index in [1.807, 2.05) is 25.8 Å². The molecule has 2 aromatic heterocycles. The Morgan fingerprint density at radius 3 is 2.79 bits per heavy atom. The Labute approximate surface area is 163 Å². The van der Waals surface area contributed by atoms with E-state index in [0.29, 0.717) is 29.9 Å². The van der Waals surface area contributed by atoms with Crippen molar-refractivity contribution in [2.45, 2.75) is 39.2 Å². The molecule has 1 atom stereocenters. The van der Waals surface area contributed by atoms with Crippen LogP contribution in [0.4, 0.5) is 15.9 Å². The van der Waals surface area contributed by atoms with Gasteiger partial charge in [0.05, 0.1) is 18.5 Å². The molecule has 1 amide bonds. The second-order valence-corrected chi connectivity index (χ2v) is 7.74. The molecule has 0 bridgehead atoms. The van der Waals surface area contributed by atoms with Gasteiger partial charge in [0.2, 0.25) is 11.9 Å². The van der Waals surface area contributed by atoms with E-state index in [2.05, 4.69) is 15.3 Å². The summed E-state index contributed by atoms with van der Waals surface area (Å²) in [6, 6.07) is 2.65. The van der Waals surface area contributed by atoms with Crippen LogP contribution in [-0.4, -0.2) is 40.6 Å². The molecule has 0 aromatic carbocycles. The molecule has 3 heterocycles. The number of carbonyl (C=O) groups excluding carboxylic acids is 1. The van der Waals surface area contributed by atoms with Crippen molar-refractivity contribution in [1.29, 1.82) is 0 Å². The molecule has 0 spiro atoms. The molecule has 2 aromatic rings. The van der Waals surface area contributed by atoms with E-state index in [1.54, 1.807) is 6.07 Å². The number of amides is 1. The van der Waals surface area contributed by atoms with Gasteiger partial charge in [-0.1, -0.05) is 0 Å². The second kappa shape index (κ2) is 7.33. The van der Waals surface area contributed by atoms with Crippen LogP contribution in [0.2, 0.25) is 0 Å². The van der Waals surface area contributed by atoms with E-state index in [0.717, 1.165) is 36.6 Å². The van der Waals surface area contributed by atoms with E-state index in [4.69, 9.17) is 9.72 Å². The Balaban J connectivity index is 1.33. The predicted molar refractivity (Wildman–Crippen MR) is 103 cm³/mol. The molecule has 0 unspecified atom stereocenters. The van der Waals surface area contributed by atoms with E-state index in [-0.39, 0.29) is 11.9 Å². The van der Waals surface area contributed by atoms with Crippen molar-refractivity contribution in [3.63, 3.8) is 0 Å². The number of halogens is 1. The first-order valence-electron chi connectivity index (χ1n) is 9.56. The molecule has 7 nitrogen and oxygen atoms in total. The van der Waals surface area contributed by atoms with Gasteiger partial charge in [0.15, 0.2) is 5.82 Å². The first kappa shape index (κ1) is 18.6. The maximum absolute atomic E-state index is 12.8. The lowest BCUT2D eigenvalue weighted by Crippen LogP contribution is -2.45. The monoisotopic (exact) mass is 385 g/mol. The number of likely N-dealkylation sites (N-methyl/N-ethyl adjacent to an activating group) is 1. The molecule has 1 aliphatic carbocycles. The van der Waals surface area contributed by atoms with Gasteiger partial charge in [-0.05, 0) is 50.7 Å². The lowest BCUT2D eigenvalue weighted by molar-refractivity contribution is -0.117. The summed E-state index contributed by atoms with van der Waals surface area (Å²) in [6.45, 7) is 4.38. The number of ether oxygens (including phenoxy) is 1. The Morgan fingerprint density at radius 2 is 2.07 bits per heavy atom. The fraction of sp³-hybridized carbons (Fsp3) is 0.500. The average Bonchev–Trinajstić information content (AvgIpc) is 2.64. The number of pyridine rings is 1. The summed E-state index contributed by atoms with van der Waals surface area (Å²) < 4.78 is 18.5. The minimum Gasteiger partial charge on any atom is -0.492 e. The van der Waals surface area contributed by atoms with Crippen molar-refractivity contribution in [3.05, 3.63) is 35.8 Å². The van der Waals surface area contributed by atoms with Crippen LogP contribution < -0.4 is 15.0 Å². The number of anilines is 2. The first-order valence-corrected chi connectivity index (χ1v) is 9.56. The van der Waals surface area contributed by atoms with Crippen molar-refractivity contribution < 1.29 is 13.9 Å². The Hall–Kier alpha value is -2.77. The highest BCUT2D eigenvalue weighted by atomic mass is 19.1. The molecule has 2 aliphatic rings. The maximum atomic E-state index is 12.8. The average molecular weight is 385 g/mol. The Kier molecular flexibility index (Phi) is 4.87. The Morgan fingerprint density at radius 1 is 1.29 bits per heavy atom. The van der Waals surface area contributed by atoms with Gasteiger partial charge in [-0.15, -0.1) is 0 Å². The van der Waals surface area contributed by atoms with Crippen LogP contribution in [0, 0.1) is 24.7 Å². The third-order valence-electron chi connectivity index (χ3n) is 5.65. The normalized spacial score (nSPS) is 23.6. The van der Waals surface area contributed by atoms with Gasteiger partial charge in [-0.3, -0.25) is 4.79 Å². The number of carbonyl (C=O) groups is 1. The van der Waals surface area contributed by atoms with Crippen molar-refractivity contribution in [2.75, 3.05) is 23.9 Å². The fourth-order valence-electron chi connectivity index (χ4n) is 3.79. The van der Waals surface area contributed by atoms with Crippen LogP contribution in [0.1, 0.15) is 31.3 Å². The third-order valence-corrected chi connectivity index (χ3v) is 5.65. The lowest BCUT2D eigenvalue weighted by atomic mass is 9.73. The van der Waals surface area contributed by atoms with Gasteiger partial charge in [0.25, 0.3) is 0 Å². The SMILES string of the molecule is Cc1nc(CC2CC(COc3ccc(F)nc3)C2)nc2c1NC(=O)[C@H](C)N2C. The van der Waals surface area contributed by atoms with Gasteiger partial charge in [0.1, 0.15) is 23.3 Å². The summed E-state index contributed by atoms with van der Waals surface area (Å²) in [6.07, 6.45) is 4.33. The van der Waals surface area contributed by atoms with Gasteiger partial charge < -0.3 is 15.0 Å². The van der Waals surface area contributed by atoms with E-state index < -0.39 is 5.95 Å². The topological polar surface area (TPSA) is 80.2 Å². The Bertz CT molecular complexity index is 883. The quantitative estimate of drug-likeness (QED) is 0.797.